The van der Waals surface area contributed by atoms with Crippen LogP contribution in [0.3, 0.4) is 0 Å². The molecular formula is C19H34IN5. The van der Waals surface area contributed by atoms with Crippen LogP contribution in [0.1, 0.15) is 51.5 Å². The quantitative estimate of drug-likeness (QED) is 0.370. The Morgan fingerprint density at radius 3 is 2.56 bits per heavy atom. The number of halogens is 1. The Morgan fingerprint density at radius 1 is 1.24 bits per heavy atom. The standard InChI is InChI=1S/C19H33N5.HI/c1-5-19(10-7-8-11-19)15-23-18(20-6-2)22-14-16-9-12-21-17(13-16)24(3)4;/h9,12-13H,5-8,10-11,14-15H2,1-4H3,(H2,20,22,23);1H. The molecule has 1 aromatic heterocycles. The number of anilines is 1. The van der Waals surface area contributed by atoms with Gasteiger partial charge >= 0.3 is 0 Å². The maximum atomic E-state index is 4.76. The van der Waals surface area contributed by atoms with Crippen molar-refractivity contribution in [2.75, 3.05) is 32.1 Å². The zero-order valence-electron chi connectivity index (χ0n) is 16.1. The fourth-order valence-corrected chi connectivity index (χ4v) is 3.37. The number of guanidine groups is 1. The minimum atomic E-state index is 0. The zero-order valence-corrected chi connectivity index (χ0v) is 18.5. The Labute approximate surface area is 170 Å². The minimum Gasteiger partial charge on any atom is -0.363 e. The molecular weight excluding hydrogens is 425 g/mol. The van der Waals surface area contributed by atoms with E-state index in [0.29, 0.717) is 12.0 Å². The first kappa shape index (κ1) is 22.0. The zero-order chi connectivity index (χ0) is 17.4. The van der Waals surface area contributed by atoms with Gasteiger partial charge in [-0.2, -0.15) is 0 Å². The third kappa shape index (κ3) is 6.64. The van der Waals surface area contributed by atoms with E-state index in [1.165, 1.54) is 37.7 Å². The van der Waals surface area contributed by atoms with E-state index in [4.69, 9.17) is 4.99 Å². The molecule has 5 nitrogen and oxygen atoms in total. The van der Waals surface area contributed by atoms with Crippen molar-refractivity contribution in [3.8, 4) is 0 Å². The van der Waals surface area contributed by atoms with Crippen LogP contribution in [0.15, 0.2) is 23.3 Å². The Kier molecular flexibility index (Phi) is 9.53. The molecule has 0 amide bonds. The van der Waals surface area contributed by atoms with Crippen molar-refractivity contribution >= 4 is 35.8 Å². The third-order valence-electron chi connectivity index (χ3n) is 5.08. The molecule has 1 aromatic rings. The van der Waals surface area contributed by atoms with E-state index in [1.54, 1.807) is 0 Å². The molecule has 1 saturated carbocycles. The molecule has 6 heteroatoms. The number of aliphatic imine (C=N–C) groups is 1. The Morgan fingerprint density at radius 2 is 1.96 bits per heavy atom. The lowest BCUT2D eigenvalue weighted by Gasteiger charge is -2.28. The average molecular weight is 459 g/mol. The Bertz CT molecular complexity index is 538. The van der Waals surface area contributed by atoms with Crippen molar-refractivity contribution in [2.45, 2.75) is 52.5 Å². The smallest absolute Gasteiger partial charge is 0.191 e. The number of nitrogens with zero attached hydrogens (tertiary/aromatic N) is 3. The number of pyridine rings is 1. The number of aromatic nitrogens is 1. The molecule has 2 N–H and O–H groups in total. The SMILES string of the molecule is CCNC(=NCc1ccnc(N(C)C)c1)NCC1(CC)CCCC1.I. The molecule has 2 rings (SSSR count). The number of nitrogens with one attached hydrogen (secondary N) is 2. The summed E-state index contributed by atoms with van der Waals surface area (Å²) in [6, 6.07) is 4.13. The molecule has 0 aromatic carbocycles. The molecule has 0 aliphatic heterocycles. The van der Waals surface area contributed by atoms with E-state index in [0.717, 1.165) is 24.9 Å². The van der Waals surface area contributed by atoms with Gasteiger partial charge in [0.25, 0.3) is 0 Å². The average Bonchev–Trinajstić information content (AvgIpc) is 3.07. The van der Waals surface area contributed by atoms with Gasteiger partial charge in [-0.05, 0) is 49.3 Å². The highest BCUT2D eigenvalue weighted by Gasteiger charge is 2.31. The summed E-state index contributed by atoms with van der Waals surface area (Å²) in [5, 5.41) is 6.94. The first-order valence-electron chi connectivity index (χ1n) is 9.23. The molecule has 1 aliphatic carbocycles. The summed E-state index contributed by atoms with van der Waals surface area (Å²) in [7, 11) is 4.01. The lowest BCUT2D eigenvalue weighted by atomic mass is 9.83. The van der Waals surface area contributed by atoms with Crippen LogP contribution >= 0.6 is 24.0 Å². The number of hydrogen-bond donors (Lipinski definition) is 2. The van der Waals surface area contributed by atoms with Gasteiger partial charge in [0.2, 0.25) is 0 Å². The van der Waals surface area contributed by atoms with Crippen molar-refractivity contribution < 1.29 is 0 Å². The highest BCUT2D eigenvalue weighted by Crippen LogP contribution is 2.40. The molecule has 0 atom stereocenters. The molecule has 0 unspecified atom stereocenters. The summed E-state index contributed by atoms with van der Waals surface area (Å²) < 4.78 is 0. The molecule has 0 spiro atoms. The number of hydrogen-bond acceptors (Lipinski definition) is 3. The molecule has 1 heterocycles. The third-order valence-corrected chi connectivity index (χ3v) is 5.08. The molecule has 1 aliphatic rings. The van der Waals surface area contributed by atoms with Gasteiger partial charge in [0.15, 0.2) is 5.96 Å². The molecule has 25 heavy (non-hydrogen) atoms. The van der Waals surface area contributed by atoms with Gasteiger partial charge in [0.05, 0.1) is 6.54 Å². The van der Waals surface area contributed by atoms with E-state index in [2.05, 4.69) is 35.5 Å². The van der Waals surface area contributed by atoms with Crippen LogP contribution in [-0.4, -0.2) is 38.1 Å². The van der Waals surface area contributed by atoms with Gasteiger partial charge in [-0.25, -0.2) is 9.98 Å². The highest BCUT2D eigenvalue weighted by atomic mass is 127. The van der Waals surface area contributed by atoms with Crippen molar-refractivity contribution in [3.63, 3.8) is 0 Å². The Balaban J connectivity index is 0.00000312. The lowest BCUT2D eigenvalue weighted by molar-refractivity contribution is 0.283. The molecule has 0 saturated heterocycles. The van der Waals surface area contributed by atoms with Crippen LogP contribution in [0.2, 0.25) is 0 Å². The summed E-state index contributed by atoms with van der Waals surface area (Å²) in [4.78, 5) is 11.1. The second-order valence-corrected chi connectivity index (χ2v) is 7.03. The second-order valence-electron chi connectivity index (χ2n) is 7.03. The van der Waals surface area contributed by atoms with Crippen molar-refractivity contribution in [1.29, 1.82) is 0 Å². The minimum absolute atomic E-state index is 0. The van der Waals surface area contributed by atoms with Gasteiger partial charge in [0.1, 0.15) is 5.82 Å². The normalized spacial score (nSPS) is 16.2. The lowest BCUT2D eigenvalue weighted by Crippen LogP contribution is -2.42. The first-order chi connectivity index (χ1) is 11.6. The van der Waals surface area contributed by atoms with E-state index < -0.39 is 0 Å². The predicted molar refractivity (Wildman–Crippen MR) is 118 cm³/mol. The van der Waals surface area contributed by atoms with Crippen LogP contribution in [0, 0.1) is 5.41 Å². The largest absolute Gasteiger partial charge is 0.363 e. The van der Waals surface area contributed by atoms with Crippen LogP contribution in [0.25, 0.3) is 0 Å². The van der Waals surface area contributed by atoms with E-state index >= 15 is 0 Å². The van der Waals surface area contributed by atoms with Gasteiger partial charge in [0, 0.05) is 33.4 Å². The summed E-state index contributed by atoms with van der Waals surface area (Å²) in [5.74, 6) is 1.89. The molecule has 0 radical (unpaired) electrons. The topological polar surface area (TPSA) is 52.6 Å². The van der Waals surface area contributed by atoms with Crippen molar-refractivity contribution in [1.82, 2.24) is 15.6 Å². The van der Waals surface area contributed by atoms with Crippen LogP contribution < -0.4 is 15.5 Å². The fraction of sp³-hybridized carbons (Fsp3) is 0.684. The van der Waals surface area contributed by atoms with Gasteiger partial charge in [-0.1, -0.05) is 19.8 Å². The van der Waals surface area contributed by atoms with Crippen LogP contribution in [-0.2, 0) is 6.54 Å². The predicted octanol–water partition coefficient (Wildman–Crippen LogP) is 3.79. The fourth-order valence-electron chi connectivity index (χ4n) is 3.37. The molecule has 0 bridgehead atoms. The number of rotatable bonds is 7. The summed E-state index contributed by atoms with van der Waals surface area (Å²) >= 11 is 0. The molecule has 1 fully saturated rings. The maximum absolute atomic E-state index is 4.76. The van der Waals surface area contributed by atoms with E-state index in [-0.39, 0.29) is 24.0 Å². The first-order valence-corrected chi connectivity index (χ1v) is 9.23. The van der Waals surface area contributed by atoms with Crippen LogP contribution in [0.4, 0.5) is 5.82 Å². The van der Waals surface area contributed by atoms with Gasteiger partial charge in [-0.3, -0.25) is 0 Å². The van der Waals surface area contributed by atoms with Gasteiger partial charge in [-0.15, -0.1) is 24.0 Å². The van der Waals surface area contributed by atoms with Crippen molar-refractivity contribution in [3.05, 3.63) is 23.9 Å². The summed E-state index contributed by atoms with van der Waals surface area (Å²) in [6.07, 6.45) is 8.51. The van der Waals surface area contributed by atoms with E-state index in [9.17, 15) is 0 Å². The summed E-state index contributed by atoms with van der Waals surface area (Å²) in [6.45, 7) is 6.99. The second kappa shape index (κ2) is 10.8. The molecule has 142 valence electrons. The highest BCUT2D eigenvalue weighted by molar-refractivity contribution is 14.0. The maximum Gasteiger partial charge on any atom is 0.191 e. The monoisotopic (exact) mass is 459 g/mol. The van der Waals surface area contributed by atoms with Crippen molar-refractivity contribution in [2.24, 2.45) is 10.4 Å². The summed E-state index contributed by atoms with van der Waals surface area (Å²) in [5.41, 5.74) is 1.64. The van der Waals surface area contributed by atoms with E-state index in [1.807, 2.05) is 31.3 Å². The van der Waals surface area contributed by atoms with Gasteiger partial charge < -0.3 is 15.5 Å². The van der Waals surface area contributed by atoms with Crippen LogP contribution in [0.5, 0.6) is 0 Å². The Hall–Kier alpha value is -1.05.